The fourth-order valence-corrected chi connectivity index (χ4v) is 4.99. The van der Waals surface area contributed by atoms with Crippen molar-refractivity contribution in [1.29, 1.82) is 0 Å². The molecule has 1 heterocycles. The Bertz CT molecular complexity index is 1210. The number of halogens is 2. The quantitative estimate of drug-likeness (QED) is 0.501. The van der Waals surface area contributed by atoms with Crippen molar-refractivity contribution in [2.75, 3.05) is 11.3 Å². The highest BCUT2D eigenvalue weighted by Gasteiger charge is 2.24. The predicted octanol–water partition coefficient (Wildman–Crippen LogP) is 5.12. The number of aromatic hydroxyl groups is 1. The van der Waals surface area contributed by atoms with E-state index in [2.05, 4.69) is 4.72 Å². The van der Waals surface area contributed by atoms with Gasteiger partial charge in [-0.1, -0.05) is 41.9 Å². The van der Waals surface area contributed by atoms with Gasteiger partial charge < -0.3 is 9.84 Å². The monoisotopic (exact) mass is 447 g/mol. The summed E-state index contributed by atoms with van der Waals surface area (Å²) in [5, 5.41) is 10.1. The number of hydrogen-bond acceptors (Lipinski definition) is 4. The van der Waals surface area contributed by atoms with Crippen LogP contribution in [0.3, 0.4) is 0 Å². The van der Waals surface area contributed by atoms with Crippen molar-refractivity contribution >= 4 is 27.3 Å². The molecule has 0 spiro atoms. The van der Waals surface area contributed by atoms with Gasteiger partial charge in [-0.05, 0) is 59.4 Å². The van der Waals surface area contributed by atoms with Gasteiger partial charge >= 0.3 is 0 Å². The summed E-state index contributed by atoms with van der Waals surface area (Å²) >= 11 is 6.02. The Morgan fingerprint density at radius 3 is 2.73 bits per heavy atom. The van der Waals surface area contributed by atoms with Crippen LogP contribution in [0.2, 0.25) is 5.02 Å². The molecule has 0 aliphatic carbocycles. The second kappa shape index (κ2) is 8.26. The molecular weight excluding hydrogens is 429 g/mol. The molecule has 2 N–H and O–H groups in total. The highest BCUT2D eigenvalue weighted by molar-refractivity contribution is 7.92. The highest BCUT2D eigenvalue weighted by atomic mass is 35.5. The molecule has 1 aliphatic rings. The third-order valence-electron chi connectivity index (χ3n) is 4.92. The van der Waals surface area contributed by atoms with E-state index in [1.54, 1.807) is 6.07 Å². The van der Waals surface area contributed by atoms with Gasteiger partial charge in [0.2, 0.25) is 0 Å². The predicted molar refractivity (Wildman–Crippen MR) is 114 cm³/mol. The van der Waals surface area contributed by atoms with Crippen LogP contribution in [-0.4, -0.2) is 20.1 Å². The fraction of sp³-hybridized carbons (Fsp3) is 0.182. The van der Waals surface area contributed by atoms with Crippen LogP contribution < -0.4 is 4.72 Å². The van der Waals surface area contributed by atoms with Crippen LogP contribution in [-0.2, 0) is 27.8 Å². The molecule has 30 heavy (non-hydrogen) atoms. The van der Waals surface area contributed by atoms with Crippen LogP contribution in [0, 0.1) is 5.82 Å². The molecule has 8 heteroatoms. The zero-order valence-corrected chi connectivity index (χ0v) is 17.4. The zero-order valence-electron chi connectivity index (χ0n) is 15.9. The Kier molecular flexibility index (Phi) is 5.69. The Morgan fingerprint density at radius 1 is 1.10 bits per heavy atom. The molecular formula is C22H19ClFNO4S. The standard InChI is InChI=1S/C22H19ClFNO4S/c23-18-10-14-11-21(22(18)26)30(27,28)25-20-12-16(7-8-19(20)24)17-6-2-1-4-15(17)5-3-9-29-13-14/h1-2,4,6-8,10-12,25-26H,3,5,9,13H2. The van der Waals surface area contributed by atoms with Gasteiger partial charge in [-0.2, -0.15) is 0 Å². The minimum absolute atomic E-state index is 0.123. The maximum absolute atomic E-state index is 14.5. The summed E-state index contributed by atoms with van der Waals surface area (Å²) in [7, 11) is -4.31. The van der Waals surface area contributed by atoms with Gasteiger partial charge in [-0.25, -0.2) is 12.8 Å². The number of phenols is 1. The summed E-state index contributed by atoms with van der Waals surface area (Å²) < 4.78 is 48.3. The van der Waals surface area contributed by atoms with Crippen molar-refractivity contribution < 1.29 is 22.7 Å². The van der Waals surface area contributed by atoms with Crippen LogP contribution >= 0.6 is 11.6 Å². The smallest absolute Gasteiger partial charge is 0.265 e. The summed E-state index contributed by atoms with van der Waals surface area (Å²) in [4.78, 5) is -0.436. The van der Waals surface area contributed by atoms with E-state index in [0.717, 1.165) is 24.0 Å². The first-order valence-corrected chi connectivity index (χ1v) is 11.2. The minimum Gasteiger partial charge on any atom is -0.505 e. The van der Waals surface area contributed by atoms with Gasteiger partial charge in [0.1, 0.15) is 10.7 Å². The van der Waals surface area contributed by atoms with Crippen molar-refractivity contribution in [3.63, 3.8) is 0 Å². The molecule has 0 aromatic heterocycles. The van der Waals surface area contributed by atoms with Crippen molar-refractivity contribution in [1.82, 2.24) is 0 Å². The highest BCUT2D eigenvalue weighted by Crippen LogP contribution is 2.35. The molecule has 0 unspecified atom stereocenters. The molecule has 0 saturated heterocycles. The fourth-order valence-electron chi connectivity index (χ4n) is 3.46. The van der Waals surface area contributed by atoms with E-state index in [-0.39, 0.29) is 17.3 Å². The lowest BCUT2D eigenvalue weighted by molar-refractivity contribution is 0.118. The number of rotatable bonds is 0. The van der Waals surface area contributed by atoms with Gasteiger partial charge in [0, 0.05) is 6.61 Å². The number of phenolic OH excluding ortho intramolecular Hbond substituents is 1. The Labute approximate surface area is 179 Å². The number of aryl methyl sites for hydroxylation is 1. The minimum atomic E-state index is -4.31. The zero-order chi connectivity index (χ0) is 21.3. The number of fused-ring (bicyclic) bond motifs is 6. The number of benzene rings is 3. The summed E-state index contributed by atoms with van der Waals surface area (Å²) in [6.45, 7) is 0.591. The average molecular weight is 448 g/mol. The lowest BCUT2D eigenvalue weighted by Crippen LogP contribution is -2.15. The summed E-state index contributed by atoms with van der Waals surface area (Å²) in [6.07, 6.45) is 1.50. The molecule has 4 bridgehead atoms. The van der Waals surface area contributed by atoms with Crippen molar-refractivity contribution in [3.05, 3.63) is 76.6 Å². The van der Waals surface area contributed by atoms with Crippen LogP contribution in [0.5, 0.6) is 5.75 Å². The van der Waals surface area contributed by atoms with Gasteiger partial charge in [0.05, 0.1) is 17.3 Å². The van der Waals surface area contributed by atoms with E-state index >= 15 is 0 Å². The number of sulfonamides is 1. The number of nitrogens with one attached hydrogen (secondary N) is 1. The Morgan fingerprint density at radius 2 is 1.90 bits per heavy atom. The second-order valence-electron chi connectivity index (χ2n) is 7.04. The Balaban J connectivity index is 1.87. The van der Waals surface area contributed by atoms with Gasteiger partial charge in [-0.15, -0.1) is 0 Å². The topological polar surface area (TPSA) is 75.6 Å². The van der Waals surface area contributed by atoms with Crippen molar-refractivity contribution in [3.8, 4) is 16.9 Å². The summed E-state index contributed by atoms with van der Waals surface area (Å²) in [5.74, 6) is -1.33. The molecule has 0 radical (unpaired) electrons. The lowest BCUT2D eigenvalue weighted by atomic mass is 9.96. The van der Waals surface area contributed by atoms with Crippen LogP contribution in [0.4, 0.5) is 10.1 Å². The van der Waals surface area contributed by atoms with E-state index in [1.807, 2.05) is 24.3 Å². The first kappa shape index (κ1) is 20.7. The van der Waals surface area contributed by atoms with Crippen LogP contribution in [0.1, 0.15) is 17.5 Å². The molecule has 0 fully saturated rings. The van der Waals surface area contributed by atoms with E-state index in [0.29, 0.717) is 17.7 Å². The largest absolute Gasteiger partial charge is 0.505 e. The van der Waals surface area contributed by atoms with Crippen LogP contribution in [0.15, 0.2) is 59.5 Å². The number of anilines is 1. The second-order valence-corrected chi connectivity index (χ2v) is 9.10. The molecule has 3 aromatic rings. The normalized spacial score (nSPS) is 15.9. The third kappa shape index (κ3) is 4.14. The van der Waals surface area contributed by atoms with Gasteiger partial charge in [0.25, 0.3) is 10.0 Å². The Hall–Kier alpha value is -2.61. The molecule has 156 valence electrons. The van der Waals surface area contributed by atoms with E-state index in [4.69, 9.17) is 16.3 Å². The molecule has 0 saturated carbocycles. The molecule has 4 rings (SSSR count). The van der Waals surface area contributed by atoms with Gasteiger partial charge in [-0.3, -0.25) is 4.72 Å². The third-order valence-corrected chi connectivity index (χ3v) is 6.59. The summed E-state index contributed by atoms with van der Waals surface area (Å²) in [5.41, 5.74) is 2.89. The maximum Gasteiger partial charge on any atom is 0.265 e. The SMILES string of the molecule is O=S1(=O)Nc2cc(ccc2F)-c2ccccc2CCCOCc2cc(Cl)c(O)c1c2. The first-order valence-electron chi connectivity index (χ1n) is 9.35. The van der Waals surface area contributed by atoms with Crippen molar-refractivity contribution in [2.45, 2.75) is 24.3 Å². The molecule has 3 aromatic carbocycles. The van der Waals surface area contributed by atoms with E-state index in [1.165, 1.54) is 24.3 Å². The molecule has 5 nitrogen and oxygen atoms in total. The van der Waals surface area contributed by atoms with Crippen molar-refractivity contribution in [2.24, 2.45) is 0 Å². The number of ether oxygens (including phenoxy) is 1. The van der Waals surface area contributed by atoms with Gasteiger partial charge in [0.15, 0.2) is 5.75 Å². The van der Waals surface area contributed by atoms with Crippen LogP contribution in [0.25, 0.3) is 11.1 Å². The maximum atomic E-state index is 14.5. The first-order chi connectivity index (χ1) is 14.3. The van der Waals surface area contributed by atoms with E-state index in [9.17, 15) is 17.9 Å². The summed E-state index contributed by atoms with van der Waals surface area (Å²) in [6, 6.07) is 14.7. The lowest BCUT2D eigenvalue weighted by Gasteiger charge is -2.14. The molecule has 0 amide bonds. The average Bonchev–Trinajstić information content (AvgIpc) is 2.71. The number of hydrogen-bond donors (Lipinski definition) is 2. The van der Waals surface area contributed by atoms with E-state index < -0.39 is 26.5 Å². The molecule has 0 atom stereocenters. The molecule has 1 aliphatic heterocycles.